The molecule has 1 aromatic rings. The number of hydrazine groups is 1. The van der Waals surface area contributed by atoms with Crippen molar-refractivity contribution in [3.8, 4) is 5.75 Å². The lowest BCUT2D eigenvalue weighted by molar-refractivity contribution is -0.133. The maximum absolute atomic E-state index is 12.1. The van der Waals surface area contributed by atoms with Crippen LogP contribution in [-0.4, -0.2) is 49.7 Å². The zero-order valence-electron chi connectivity index (χ0n) is 16.3. The molecule has 1 heterocycles. The molecule has 0 atom stereocenters. The number of ether oxygens (including phenoxy) is 2. The average molecular weight is 375 g/mol. The summed E-state index contributed by atoms with van der Waals surface area (Å²) < 4.78 is 10.6. The molecule has 2 N–H and O–H groups in total. The third-order valence-corrected chi connectivity index (χ3v) is 4.10. The summed E-state index contributed by atoms with van der Waals surface area (Å²) in [5, 5.41) is 4.35. The summed E-state index contributed by atoms with van der Waals surface area (Å²) in [6.45, 7) is 5.48. The molecule has 0 spiro atoms. The van der Waals surface area contributed by atoms with Crippen LogP contribution in [0.2, 0.25) is 0 Å². The molecule has 2 rings (SSSR count). The molecule has 27 heavy (non-hydrogen) atoms. The van der Waals surface area contributed by atoms with E-state index in [1.165, 1.54) is 5.01 Å². The number of carbonyl (C=O) groups excluding carboxylic acids is 2. The summed E-state index contributed by atoms with van der Waals surface area (Å²) in [6.07, 6.45) is 3.39. The number of hydrogen-bond acceptors (Lipinski definition) is 5. The molecule has 0 bridgehead atoms. The second-order valence-electron chi connectivity index (χ2n) is 6.58. The quantitative estimate of drug-likeness (QED) is 0.612. The van der Waals surface area contributed by atoms with Gasteiger partial charge in [0.1, 0.15) is 5.75 Å². The normalized spacial score (nSPS) is 14.0. The van der Waals surface area contributed by atoms with Crippen LogP contribution >= 0.6 is 0 Å². The van der Waals surface area contributed by atoms with Gasteiger partial charge in [0.2, 0.25) is 11.8 Å². The van der Waals surface area contributed by atoms with Crippen LogP contribution in [0.25, 0.3) is 5.70 Å². The van der Waals surface area contributed by atoms with E-state index in [-0.39, 0.29) is 24.3 Å². The van der Waals surface area contributed by atoms with Gasteiger partial charge < -0.3 is 14.8 Å². The van der Waals surface area contributed by atoms with Crippen LogP contribution in [0, 0.1) is 0 Å². The van der Waals surface area contributed by atoms with Gasteiger partial charge in [0.25, 0.3) is 0 Å². The van der Waals surface area contributed by atoms with E-state index in [9.17, 15) is 9.59 Å². The number of benzene rings is 1. The molecule has 1 aromatic carbocycles. The molecule has 0 unspecified atom stereocenters. The monoisotopic (exact) mass is 375 g/mol. The van der Waals surface area contributed by atoms with Crippen LogP contribution in [0.1, 0.15) is 38.7 Å². The van der Waals surface area contributed by atoms with Crippen molar-refractivity contribution in [1.29, 1.82) is 0 Å². The minimum absolute atomic E-state index is 0.0506. The van der Waals surface area contributed by atoms with Crippen LogP contribution in [0.3, 0.4) is 0 Å². The second kappa shape index (κ2) is 10.6. The van der Waals surface area contributed by atoms with E-state index in [1.807, 2.05) is 44.2 Å². The van der Waals surface area contributed by atoms with E-state index < -0.39 is 0 Å². The first-order chi connectivity index (χ1) is 13.0. The molecule has 7 nitrogen and oxygen atoms in total. The van der Waals surface area contributed by atoms with E-state index in [0.717, 1.165) is 23.4 Å². The van der Waals surface area contributed by atoms with Crippen LogP contribution < -0.4 is 15.5 Å². The first-order valence-electron chi connectivity index (χ1n) is 9.29. The molecule has 0 radical (unpaired) electrons. The summed E-state index contributed by atoms with van der Waals surface area (Å²) in [4.78, 5) is 24.1. The molecule has 0 saturated heterocycles. The third kappa shape index (κ3) is 6.94. The van der Waals surface area contributed by atoms with Gasteiger partial charge in [-0.3, -0.25) is 20.0 Å². The van der Waals surface area contributed by atoms with Gasteiger partial charge in [-0.05, 0) is 56.2 Å². The van der Waals surface area contributed by atoms with Crippen LogP contribution in [0.5, 0.6) is 5.75 Å². The third-order valence-electron chi connectivity index (χ3n) is 4.10. The zero-order chi connectivity index (χ0) is 19.6. The lowest BCUT2D eigenvalue weighted by atomic mass is 10.1. The van der Waals surface area contributed by atoms with Gasteiger partial charge in [-0.2, -0.15) is 0 Å². The molecule has 0 fully saturated rings. The Morgan fingerprint density at radius 3 is 2.70 bits per heavy atom. The largest absolute Gasteiger partial charge is 0.497 e. The number of methoxy groups -OCH3 is 1. The average Bonchev–Trinajstić information content (AvgIpc) is 2.67. The highest BCUT2D eigenvalue weighted by molar-refractivity contribution is 5.84. The number of nitrogens with zero attached hydrogens (tertiary/aromatic N) is 1. The van der Waals surface area contributed by atoms with Gasteiger partial charge in [-0.25, -0.2) is 0 Å². The van der Waals surface area contributed by atoms with Crippen molar-refractivity contribution in [1.82, 2.24) is 15.8 Å². The Labute approximate surface area is 160 Å². The molecule has 1 aliphatic rings. The summed E-state index contributed by atoms with van der Waals surface area (Å²) in [5.41, 5.74) is 4.92. The van der Waals surface area contributed by atoms with Crippen LogP contribution in [0.4, 0.5) is 0 Å². The van der Waals surface area contributed by atoms with E-state index in [2.05, 4.69) is 10.7 Å². The van der Waals surface area contributed by atoms with Crippen LogP contribution in [-0.2, 0) is 14.3 Å². The van der Waals surface area contributed by atoms with Gasteiger partial charge in [-0.15, -0.1) is 0 Å². The molecule has 0 aromatic heterocycles. The lowest BCUT2D eigenvalue weighted by Gasteiger charge is -2.29. The van der Waals surface area contributed by atoms with Crippen molar-refractivity contribution >= 4 is 17.5 Å². The van der Waals surface area contributed by atoms with Crippen molar-refractivity contribution in [3.63, 3.8) is 0 Å². The number of amides is 2. The highest BCUT2D eigenvalue weighted by atomic mass is 16.5. The number of nitrogens with one attached hydrogen (secondary N) is 2. The lowest BCUT2D eigenvalue weighted by Crippen LogP contribution is -2.45. The maximum atomic E-state index is 12.1. The summed E-state index contributed by atoms with van der Waals surface area (Å²) in [7, 11) is 1.62. The smallest absolute Gasteiger partial charge is 0.244 e. The van der Waals surface area contributed by atoms with Crippen molar-refractivity contribution in [2.24, 2.45) is 0 Å². The van der Waals surface area contributed by atoms with Gasteiger partial charge in [0, 0.05) is 26.0 Å². The van der Waals surface area contributed by atoms with E-state index in [4.69, 9.17) is 9.47 Å². The first kappa shape index (κ1) is 20.8. The minimum Gasteiger partial charge on any atom is -0.497 e. The molecular weight excluding hydrogens is 346 g/mol. The Hall–Kier alpha value is -2.54. The predicted octanol–water partition coefficient (Wildman–Crippen LogP) is 2.09. The minimum atomic E-state index is -0.0744. The Bertz CT molecular complexity index is 656. The standard InChI is InChI=1S/C20H29N3O4/c1-15(2)27-14-4-12-21-19(24)11-13-23-20(25)10-9-18(22-23)16-5-7-17(26-3)8-6-16/h5-9,15,22H,4,10-14H2,1-3H3,(H,21,24). The molecule has 1 aliphatic heterocycles. The molecule has 2 amide bonds. The fourth-order valence-electron chi connectivity index (χ4n) is 2.61. The van der Waals surface area contributed by atoms with Crippen molar-refractivity contribution in [3.05, 3.63) is 35.9 Å². The Morgan fingerprint density at radius 1 is 1.30 bits per heavy atom. The number of carbonyl (C=O) groups is 2. The Morgan fingerprint density at radius 2 is 2.04 bits per heavy atom. The Kier molecular flexibility index (Phi) is 8.13. The Balaban J connectivity index is 1.76. The van der Waals surface area contributed by atoms with Crippen molar-refractivity contribution in [2.45, 2.75) is 39.2 Å². The summed E-state index contributed by atoms with van der Waals surface area (Å²) in [5.74, 6) is 0.652. The summed E-state index contributed by atoms with van der Waals surface area (Å²) in [6, 6.07) is 7.60. The molecule has 7 heteroatoms. The fraction of sp³-hybridized carbons (Fsp3) is 0.500. The maximum Gasteiger partial charge on any atom is 0.244 e. The SMILES string of the molecule is COc1ccc(C2=CCC(=O)N(CCC(=O)NCCCOC(C)C)N2)cc1. The van der Waals surface area contributed by atoms with Crippen molar-refractivity contribution in [2.75, 3.05) is 26.8 Å². The number of hydrogen-bond donors (Lipinski definition) is 2. The van der Waals surface area contributed by atoms with Crippen LogP contribution in [0.15, 0.2) is 30.3 Å². The van der Waals surface area contributed by atoms with Gasteiger partial charge in [0.15, 0.2) is 0 Å². The van der Waals surface area contributed by atoms with E-state index in [1.54, 1.807) is 7.11 Å². The number of rotatable bonds is 10. The first-order valence-corrected chi connectivity index (χ1v) is 9.29. The highest BCUT2D eigenvalue weighted by Gasteiger charge is 2.20. The van der Waals surface area contributed by atoms with E-state index >= 15 is 0 Å². The molecule has 0 aliphatic carbocycles. The van der Waals surface area contributed by atoms with Gasteiger partial charge in [-0.1, -0.05) is 0 Å². The molecular formula is C20H29N3O4. The predicted molar refractivity (Wildman–Crippen MR) is 104 cm³/mol. The summed E-state index contributed by atoms with van der Waals surface area (Å²) >= 11 is 0. The fourth-order valence-corrected chi connectivity index (χ4v) is 2.61. The van der Waals surface area contributed by atoms with Gasteiger partial charge >= 0.3 is 0 Å². The second-order valence-corrected chi connectivity index (χ2v) is 6.58. The highest BCUT2D eigenvalue weighted by Crippen LogP contribution is 2.20. The van der Waals surface area contributed by atoms with Crippen molar-refractivity contribution < 1.29 is 19.1 Å². The molecule has 148 valence electrons. The molecule has 0 saturated carbocycles. The zero-order valence-corrected chi connectivity index (χ0v) is 16.3. The topological polar surface area (TPSA) is 79.9 Å². The van der Waals surface area contributed by atoms with E-state index in [0.29, 0.717) is 26.1 Å². The van der Waals surface area contributed by atoms with Gasteiger partial charge in [0.05, 0.1) is 25.5 Å².